The van der Waals surface area contributed by atoms with Crippen LogP contribution < -0.4 is 5.69 Å². The Morgan fingerprint density at radius 3 is 2.73 bits per heavy atom. The molecule has 0 aliphatic heterocycles. The van der Waals surface area contributed by atoms with Crippen LogP contribution in [-0.4, -0.2) is 9.55 Å². The van der Waals surface area contributed by atoms with E-state index < -0.39 is 0 Å². The van der Waals surface area contributed by atoms with Gasteiger partial charge in [0.05, 0.1) is 16.1 Å². The van der Waals surface area contributed by atoms with Gasteiger partial charge in [-0.2, -0.15) is 0 Å². The van der Waals surface area contributed by atoms with Gasteiger partial charge in [-0.05, 0) is 19.1 Å². The van der Waals surface area contributed by atoms with E-state index in [0.717, 1.165) is 0 Å². The molecule has 1 aromatic carbocycles. The van der Waals surface area contributed by atoms with E-state index in [-0.39, 0.29) is 5.69 Å². The normalized spacial score (nSPS) is 10.9. The predicted octanol–water partition coefficient (Wildman–Crippen LogP) is 3.13. The number of rotatable bonds is 1. The molecule has 0 aliphatic rings. The molecule has 78 valence electrons. The fraction of sp³-hybridized carbons (Fsp3) is 0.100. The second-order valence-electron chi connectivity index (χ2n) is 3.28. The summed E-state index contributed by atoms with van der Waals surface area (Å²) in [5, 5.41) is 0.913. The van der Waals surface area contributed by atoms with E-state index in [0.29, 0.717) is 26.8 Å². The molecule has 2 rings (SSSR count). The second-order valence-corrected chi connectivity index (χ2v) is 4.13. The van der Waals surface area contributed by atoms with E-state index in [4.69, 9.17) is 23.2 Å². The number of halogens is 2. The highest BCUT2D eigenvalue weighted by molar-refractivity contribution is 6.38. The van der Waals surface area contributed by atoms with Gasteiger partial charge in [-0.3, -0.25) is 4.57 Å². The summed E-state index contributed by atoms with van der Waals surface area (Å²) in [6.07, 6.45) is 0. The van der Waals surface area contributed by atoms with Crippen LogP contribution in [0.4, 0.5) is 0 Å². The van der Waals surface area contributed by atoms with Crippen molar-refractivity contribution in [2.24, 2.45) is 0 Å². The van der Waals surface area contributed by atoms with Crippen LogP contribution >= 0.6 is 23.2 Å². The third-order valence-electron chi connectivity index (χ3n) is 2.09. The summed E-state index contributed by atoms with van der Waals surface area (Å²) < 4.78 is 1.44. The highest BCUT2D eigenvalue weighted by Crippen LogP contribution is 2.26. The first-order chi connectivity index (χ1) is 7.00. The van der Waals surface area contributed by atoms with E-state index >= 15 is 0 Å². The van der Waals surface area contributed by atoms with Crippen molar-refractivity contribution in [3.63, 3.8) is 0 Å². The first-order valence-corrected chi connectivity index (χ1v) is 5.02. The van der Waals surface area contributed by atoms with Crippen LogP contribution in [0.5, 0.6) is 0 Å². The van der Waals surface area contributed by atoms with Gasteiger partial charge in [0.2, 0.25) is 0 Å². The van der Waals surface area contributed by atoms with Crippen LogP contribution in [-0.2, 0) is 0 Å². The third-order valence-corrected chi connectivity index (χ3v) is 2.61. The number of aromatic nitrogens is 2. The molecule has 0 radical (unpaired) electrons. The number of allylic oxidation sites excluding steroid dienone is 1. The van der Waals surface area contributed by atoms with Gasteiger partial charge in [0.1, 0.15) is 0 Å². The van der Waals surface area contributed by atoms with Crippen LogP contribution in [0.2, 0.25) is 10.0 Å². The number of H-pyrrole nitrogens is 1. The van der Waals surface area contributed by atoms with Gasteiger partial charge < -0.3 is 4.98 Å². The molecule has 5 heteroatoms. The molecule has 0 saturated heterocycles. The standard InChI is InChI=1S/C10H8Cl2N2O/c1-5(2)14-8-4-6(11)3-7(12)9(8)13-10(14)15/h3-4H,1H2,2H3,(H,13,15). The third kappa shape index (κ3) is 1.58. The van der Waals surface area contributed by atoms with Gasteiger partial charge >= 0.3 is 5.69 Å². The average Bonchev–Trinajstić information content (AvgIpc) is 2.41. The predicted molar refractivity (Wildman–Crippen MR) is 63.6 cm³/mol. The number of aromatic amines is 1. The second kappa shape index (κ2) is 3.43. The maximum atomic E-state index is 11.6. The molecule has 0 aliphatic carbocycles. The minimum atomic E-state index is -0.262. The lowest BCUT2D eigenvalue weighted by Gasteiger charge is -2.01. The lowest BCUT2D eigenvalue weighted by Crippen LogP contribution is -2.13. The molecule has 1 N–H and O–H groups in total. The van der Waals surface area contributed by atoms with Gasteiger partial charge in [0.15, 0.2) is 0 Å². The molecule has 0 spiro atoms. The number of nitrogens with one attached hydrogen (secondary N) is 1. The molecule has 15 heavy (non-hydrogen) atoms. The highest BCUT2D eigenvalue weighted by atomic mass is 35.5. The maximum absolute atomic E-state index is 11.6. The summed E-state index contributed by atoms with van der Waals surface area (Å²) in [5.74, 6) is 0. The van der Waals surface area contributed by atoms with E-state index in [9.17, 15) is 4.79 Å². The van der Waals surface area contributed by atoms with Gasteiger partial charge in [0.25, 0.3) is 0 Å². The topological polar surface area (TPSA) is 37.8 Å². The Morgan fingerprint density at radius 1 is 1.47 bits per heavy atom. The van der Waals surface area contributed by atoms with Crippen LogP contribution in [0.15, 0.2) is 23.5 Å². The zero-order valence-corrected chi connectivity index (χ0v) is 9.49. The van der Waals surface area contributed by atoms with Crippen molar-refractivity contribution < 1.29 is 0 Å². The Kier molecular flexibility index (Phi) is 2.37. The molecule has 0 bridgehead atoms. The minimum absolute atomic E-state index is 0.262. The zero-order chi connectivity index (χ0) is 11.2. The van der Waals surface area contributed by atoms with Crippen molar-refractivity contribution in [2.45, 2.75) is 6.92 Å². The first kappa shape index (κ1) is 10.3. The van der Waals surface area contributed by atoms with E-state index in [1.807, 2.05) is 0 Å². The summed E-state index contributed by atoms with van der Waals surface area (Å²) in [4.78, 5) is 14.2. The average molecular weight is 243 g/mol. The van der Waals surface area contributed by atoms with Crippen LogP contribution in [0.3, 0.4) is 0 Å². The molecule has 1 aromatic heterocycles. The van der Waals surface area contributed by atoms with E-state index in [1.54, 1.807) is 19.1 Å². The lowest BCUT2D eigenvalue weighted by molar-refractivity contribution is 1.04. The molecule has 0 amide bonds. The molecule has 3 nitrogen and oxygen atoms in total. The summed E-state index contributed by atoms with van der Waals surface area (Å²) in [7, 11) is 0. The summed E-state index contributed by atoms with van der Waals surface area (Å²) in [6, 6.07) is 3.26. The zero-order valence-electron chi connectivity index (χ0n) is 7.97. The summed E-state index contributed by atoms with van der Waals surface area (Å²) in [5.41, 5.74) is 1.57. The van der Waals surface area contributed by atoms with Crippen LogP contribution in [0.25, 0.3) is 16.7 Å². The SMILES string of the molecule is C=C(C)n1c(=O)[nH]c2c(Cl)cc(Cl)cc21. The Morgan fingerprint density at radius 2 is 2.13 bits per heavy atom. The number of nitrogens with zero attached hydrogens (tertiary/aromatic N) is 1. The molecule has 0 unspecified atom stereocenters. The molecule has 2 aromatic rings. The van der Waals surface area contributed by atoms with Crippen molar-refractivity contribution in [3.8, 4) is 0 Å². The lowest BCUT2D eigenvalue weighted by atomic mass is 10.3. The number of hydrogen-bond acceptors (Lipinski definition) is 1. The fourth-order valence-electron chi connectivity index (χ4n) is 1.51. The number of hydrogen-bond donors (Lipinski definition) is 1. The van der Waals surface area contributed by atoms with Crippen LogP contribution in [0.1, 0.15) is 6.92 Å². The number of fused-ring (bicyclic) bond motifs is 1. The minimum Gasteiger partial charge on any atom is -0.304 e. The summed E-state index contributed by atoms with van der Waals surface area (Å²) in [6.45, 7) is 5.46. The smallest absolute Gasteiger partial charge is 0.304 e. The van der Waals surface area contributed by atoms with E-state index in [1.165, 1.54) is 4.57 Å². The number of benzene rings is 1. The first-order valence-electron chi connectivity index (χ1n) is 4.26. The molecule has 0 atom stereocenters. The van der Waals surface area contributed by atoms with Crippen molar-refractivity contribution in [1.29, 1.82) is 0 Å². The van der Waals surface area contributed by atoms with E-state index in [2.05, 4.69) is 11.6 Å². The molecular weight excluding hydrogens is 235 g/mol. The van der Waals surface area contributed by atoms with Crippen molar-refractivity contribution in [2.75, 3.05) is 0 Å². The Hall–Kier alpha value is -1.19. The highest BCUT2D eigenvalue weighted by Gasteiger charge is 2.10. The van der Waals surface area contributed by atoms with Gasteiger partial charge in [-0.25, -0.2) is 4.79 Å². The quantitative estimate of drug-likeness (QED) is 0.820. The van der Waals surface area contributed by atoms with Crippen LogP contribution in [0, 0.1) is 0 Å². The van der Waals surface area contributed by atoms with Gasteiger partial charge in [-0.1, -0.05) is 29.8 Å². The fourth-order valence-corrected chi connectivity index (χ4v) is 2.04. The maximum Gasteiger partial charge on any atom is 0.330 e. The van der Waals surface area contributed by atoms with Crippen molar-refractivity contribution in [1.82, 2.24) is 9.55 Å². The molecule has 0 saturated carbocycles. The largest absolute Gasteiger partial charge is 0.330 e. The van der Waals surface area contributed by atoms with Gasteiger partial charge in [0, 0.05) is 10.7 Å². The number of imidazole rings is 1. The van der Waals surface area contributed by atoms with Gasteiger partial charge in [-0.15, -0.1) is 0 Å². The Balaban J connectivity index is 2.99. The van der Waals surface area contributed by atoms with Crippen molar-refractivity contribution in [3.05, 3.63) is 39.2 Å². The molecular formula is C10H8Cl2N2O. The summed E-state index contributed by atoms with van der Waals surface area (Å²) >= 11 is 11.8. The molecule has 1 heterocycles. The monoisotopic (exact) mass is 242 g/mol. The molecule has 0 fully saturated rings. The Labute approximate surface area is 95.9 Å². The Bertz CT molecular complexity index is 610. The van der Waals surface area contributed by atoms with Crippen molar-refractivity contribution >= 4 is 39.9 Å².